The van der Waals surface area contributed by atoms with E-state index in [4.69, 9.17) is 0 Å². The van der Waals surface area contributed by atoms with Crippen LogP contribution in [0.5, 0.6) is 0 Å². The third-order valence-electron chi connectivity index (χ3n) is 3.67. The summed E-state index contributed by atoms with van der Waals surface area (Å²) < 4.78 is 0. The van der Waals surface area contributed by atoms with E-state index in [2.05, 4.69) is 5.32 Å². The Hall–Kier alpha value is -2.61. The average molecular weight is 297 g/mol. The molecule has 2 rings (SSSR count). The monoisotopic (exact) mass is 297 g/mol. The first-order valence-electron chi connectivity index (χ1n) is 7.39. The number of rotatable bonds is 4. The van der Waals surface area contributed by atoms with Gasteiger partial charge in [-0.3, -0.25) is 9.59 Å². The molecule has 1 aliphatic rings. The summed E-state index contributed by atoms with van der Waals surface area (Å²) in [5.41, 5.74) is 1.45. The van der Waals surface area contributed by atoms with E-state index in [0.29, 0.717) is 18.7 Å². The van der Waals surface area contributed by atoms with E-state index < -0.39 is 0 Å². The molecule has 1 fully saturated rings. The number of carbonyl (C=O) groups is 2. The Kier molecular flexibility index (Phi) is 5.31. The number of nitrogens with zero attached hydrogens (tertiary/aromatic N) is 2. The molecule has 1 heterocycles. The third-order valence-corrected chi connectivity index (χ3v) is 3.67. The summed E-state index contributed by atoms with van der Waals surface area (Å²) in [6.45, 7) is 2.93. The van der Waals surface area contributed by atoms with Gasteiger partial charge >= 0.3 is 0 Å². The van der Waals surface area contributed by atoms with E-state index in [-0.39, 0.29) is 17.3 Å². The van der Waals surface area contributed by atoms with E-state index in [9.17, 15) is 14.9 Å². The van der Waals surface area contributed by atoms with Gasteiger partial charge in [0.2, 0.25) is 0 Å². The number of hydrogen-bond acceptors (Lipinski definition) is 4. The molecule has 5 nitrogen and oxygen atoms in total. The highest BCUT2D eigenvalue weighted by atomic mass is 16.2. The van der Waals surface area contributed by atoms with Gasteiger partial charge in [-0.25, -0.2) is 0 Å². The van der Waals surface area contributed by atoms with Crippen LogP contribution in [-0.2, 0) is 4.79 Å². The minimum atomic E-state index is -0.227. The minimum absolute atomic E-state index is 0.0000762. The molecule has 0 aromatic heterocycles. The van der Waals surface area contributed by atoms with Crippen molar-refractivity contribution in [2.75, 3.05) is 18.4 Å². The summed E-state index contributed by atoms with van der Waals surface area (Å²) in [6, 6.07) is 8.85. The highest BCUT2D eigenvalue weighted by Gasteiger charge is 2.20. The summed E-state index contributed by atoms with van der Waals surface area (Å²) >= 11 is 0. The maximum atomic E-state index is 12.2. The van der Waals surface area contributed by atoms with Crippen LogP contribution in [0.4, 0.5) is 5.69 Å². The van der Waals surface area contributed by atoms with E-state index in [0.717, 1.165) is 24.9 Å². The first kappa shape index (κ1) is 15.8. The van der Waals surface area contributed by atoms with Crippen molar-refractivity contribution in [2.45, 2.75) is 26.2 Å². The van der Waals surface area contributed by atoms with Crippen molar-refractivity contribution < 1.29 is 9.59 Å². The highest BCUT2D eigenvalue weighted by Crippen LogP contribution is 2.14. The van der Waals surface area contributed by atoms with Gasteiger partial charge in [-0.15, -0.1) is 0 Å². The number of nitrogens with one attached hydrogen (secondary N) is 1. The van der Waals surface area contributed by atoms with Gasteiger partial charge in [0.1, 0.15) is 11.6 Å². The van der Waals surface area contributed by atoms with Crippen LogP contribution < -0.4 is 5.32 Å². The third kappa shape index (κ3) is 3.95. The molecule has 1 aromatic carbocycles. The molecule has 0 unspecified atom stereocenters. The minimum Gasteiger partial charge on any atom is -0.360 e. The fourth-order valence-electron chi connectivity index (χ4n) is 2.37. The maximum absolute atomic E-state index is 12.2. The number of ketones is 1. The zero-order valence-electron chi connectivity index (χ0n) is 12.6. The molecule has 22 heavy (non-hydrogen) atoms. The second-order valence-electron chi connectivity index (χ2n) is 5.30. The largest absolute Gasteiger partial charge is 0.360 e. The van der Waals surface area contributed by atoms with Crippen LogP contribution in [0.1, 0.15) is 36.5 Å². The summed E-state index contributed by atoms with van der Waals surface area (Å²) in [5.74, 6) is -0.227. The first-order chi connectivity index (χ1) is 10.6. The second-order valence-corrected chi connectivity index (χ2v) is 5.30. The molecular formula is C17H19N3O2. The molecule has 1 N–H and O–H groups in total. The lowest BCUT2D eigenvalue weighted by Crippen LogP contribution is -2.36. The van der Waals surface area contributed by atoms with Crippen LogP contribution in [-0.4, -0.2) is 29.7 Å². The van der Waals surface area contributed by atoms with E-state index in [1.54, 1.807) is 29.2 Å². The molecule has 0 atom stereocenters. The molecule has 0 radical (unpaired) electrons. The van der Waals surface area contributed by atoms with Crippen molar-refractivity contribution >= 4 is 17.4 Å². The summed E-state index contributed by atoms with van der Waals surface area (Å²) in [7, 11) is 0. The zero-order chi connectivity index (χ0) is 15.9. The number of nitriles is 1. The molecule has 1 aromatic rings. The molecule has 0 bridgehead atoms. The summed E-state index contributed by atoms with van der Waals surface area (Å²) in [5, 5.41) is 12.1. The Balaban J connectivity index is 2.04. The lowest BCUT2D eigenvalue weighted by atomic mass is 10.1. The van der Waals surface area contributed by atoms with E-state index >= 15 is 0 Å². The standard InChI is InChI=1S/C17H19N3O2/c1-13(21)14-5-7-16(8-6-14)19-12-15(11-18)17(22)20-9-3-2-4-10-20/h5-8,12,19H,2-4,9-10H2,1H3/b15-12-. The van der Waals surface area contributed by atoms with Gasteiger partial charge in [0.25, 0.3) is 5.91 Å². The first-order valence-corrected chi connectivity index (χ1v) is 7.39. The number of amides is 1. The van der Waals surface area contributed by atoms with Gasteiger partial charge in [-0.05, 0) is 50.5 Å². The number of benzene rings is 1. The number of anilines is 1. The van der Waals surface area contributed by atoms with Crippen molar-refractivity contribution in [3.63, 3.8) is 0 Å². The van der Waals surface area contributed by atoms with Gasteiger partial charge in [0, 0.05) is 30.5 Å². The normalized spacial score (nSPS) is 15.1. The van der Waals surface area contributed by atoms with Crippen LogP contribution in [0.15, 0.2) is 36.0 Å². The van der Waals surface area contributed by atoms with Crippen molar-refractivity contribution in [3.8, 4) is 6.07 Å². The van der Waals surface area contributed by atoms with Gasteiger partial charge < -0.3 is 10.2 Å². The molecule has 1 aliphatic heterocycles. The average Bonchev–Trinajstić information content (AvgIpc) is 2.56. The van der Waals surface area contributed by atoms with Crippen molar-refractivity contribution in [1.29, 1.82) is 5.26 Å². The number of Topliss-reactive ketones (excluding diaryl/α,β-unsaturated/α-hetero) is 1. The lowest BCUT2D eigenvalue weighted by molar-refractivity contribution is -0.127. The molecular weight excluding hydrogens is 278 g/mol. The van der Waals surface area contributed by atoms with Crippen molar-refractivity contribution in [2.24, 2.45) is 0 Å². The fourth-order valence-corrected chi connectivity index (χ4v) is 2.37. The smallest absolute Gasteiger partial charge is 0.266 e. The Morgan fingerprint density at radius 3 is 2.36 bits per heavy atom. The summed E-state index contributed by atoms with van der Waals surface area (Å²) in [6.07, 6.45) is 4.55. The quantitative estimate of drug-likeness (QED) is 0.527. The van der Waals surface area contributed by atoms with Crippen LogP contribution in [0.3, 0.4) is 0 Å². The number of likely N-dealkylation sites (tertiary alicyclic amines) is 1. The number of carbonyl (C=O) groups excluding carboxylic acids is 2. The van der Waals surface area contributed by atoms with Gasteiger partial charge in [-0.1, -0.05) is 0 Å². The lowest BCUT2D eigenvalue weighted by Gasteiger charge is -2.26. The Labute approximate surface area is 130 Å². The predicted molar refractivity (Wildman–Crippen MR) is 84.2 cm³/mol. The molecule has 5 heteroatoms. The topological polar surface area (TPSA) is 73.2 Å². The maximum Gasteiger partial charge on any atom is 0.266 e. The highest BCUT2D eigenvalue weighted by molar-refractivity contribution is 5.97. The number of piperidine rings is 1. The molecule has 0 aliphatic carbocycles. The van der Waals surface area contributed by atoms with E-state index in [1.165, 1.54) is 13.1 Å². The predicted octanol–water partition coefficient (Wildman–Crippen LogP) is 2.72. The molecule has 0 spiro atoms. The Bertz CT molecular complexity index is 620. The van der Waals surface area contributed by atoms with Gasteiger partial charge in [-0.2, -0.15) is 5.26 Å². The molecule has 114 valence electrons. The van der Waals surface area contributed by atoms with Gasteiger partial charge in [0.15, 0.2) is 5.78 Å². The Morgan fingerprint density at radius 2 is 1.82 bits per heavy atom. The van der Waals surface area contributed by atoms with Crippen LogP contribution >= 0.6 is 0 Å². The molecule has 0 saturated carbocycles. The molecule has 1 saturated heterocycles. The number of hydrogen-bond donors (Lipinski definition) is 1. The second kappa shape index (κ2) is 7.41. The zero-order valence-corrected chi connectivity index (χ0v) is 12.6. The van der Waals surface area contributed by atoms with Crippen LogP contribution in [0.25, 0.3) is 0 Å². The SMILES string of the molecule is CC(=O)c1ccc(N/C=C(/C#N)C(=O)N2CCCCC2)cc1. The van der Waals surface area contributed by atoms with Crippen LogP contribution in [0, 0.1) is 11.3 Å². The van der Waals surface area contributed by atoms with Crippen LogP contribution in [0.2, 0.25) is 0 Å². The van der Waals surface area contributed by atoms with Crippen molar-refractivity contribution in [3.05, 3.63) is 41.6 Å². The fraction of sp³-hybridized carbons (Fsp3) is 0.353. The van der Waals surface area contributed by atoms with Crippen molar-refractivity contribution in [1.82, 2.24) is 4.90 Å². The Morgan fingerprint density at radius 1 is 1.18 bits per heavy atom. The van der Waals surface area contributed by atoms with Gasteiger partial charge in [0.05, 0.1) is 0 Å². The molecule has 1 amide bonds. The summed E-state index contributed by atoms with van der Waals surface area (Å²) in [4.78, 5) is 25.2. The van der Waals surface area contributed by atoms with E-state index in [1.807, 2.05) is 6.07 Å².